The van der Waals surface area contributed by atoms with E-state index in [1.54, 1.807) is 6.07 Å². The minimum Gasteiger partial charge on any atom is -0.314 e. The van der Waals surface area contributed by atoms with Crippen molar-refractivity contribution in [2.75, 3.05) is 26.2 Å². The van der Waals surface area contributed by atoms with E-state index in [1.807, 2.05) is 12.1 Å². The van der Waals surface area contributed by atoms with Gasteiger partial charge in [-0.15, -0.1) is 12.4 Å². The summed E-state index contributed by atoms with van der Waals surface area (Å²) < 4.78 is 14.8. The zero-order valence-corrected chi connectivity index (χ0v) is 13.6. The Morgan fingerprint density at radius 3 is 2.68 bits per heavy atom. The van der Waals surface area contributed by atoms with Gasteiger partial charge in [0, 0.05) is 37.8 Å². The van der Waals surface area contributed by atoms with Gasteiger partial charge in [-0.2, -0.15) is 0 Å². The molecule has 1 heterocycles. The minimum atomic E-state index is -0.102. The lowest BCUT2D eigenvalue weighted by Gasteiger charge is -2.35. The Kier molecular flexibility index (Phi) is 7.29. The molecule has 0 aromatic heterocycles. The molecule has 0 amide bonds. The number of benzene rings is 1. The number of rotatable bonds is 4. The zero-order chi connectivity index (χ0) is 13.0. The summed E-state index contributed by atoms with van der Waals surface area (Å²) in [5.41, 5.74) is 0.827. The van der Waals surface area contributed by atoms with Crippen LogP contribution >= 0.6 is 28.3 Å². The molecule has 1 aliphatic rings. The summed E-state index contributed by atoms with van der Waals surface area (Å²) in [5.74, 6) is -0.102. The molecule has 0 saturated carbocycles. The summed E-state index contributed by atoms with van der Waals surface area (Å²) in [5, 5.41) is 3.34. The van der Waals surface area contributed by atoms with Gasteiger partial charge in [0.1, 0.15) is 5.82 Å². The van der Waals surface area contributed by atoms with Crippen molar-refractivity contribution in [3.63, 3.8) is 0 Å². The number of piperazine rings is 1. The smallest absolute Gasteiger partial charge is 0.142 e. The van der Waals surface area contributed by atoms with Gasteiger partial charge in [0.05, 0.1) is 4.47 Å². The molecular formula is C14H21BrClFN2. The molecule has 1 saturated heterocycles. The van der Waals surface area contributed by atoms with Crippen molar-refractivity contribution in [3.05, 3.63) is 34.1 Å². The summed E-state index contributed by atoms with van der Waals surface area (Å²) in [6.45, 7) is 6.14. The van der Waals surface area contributed by atoms with Gasteiger partial charge >= 0.3 is 0 Å². The molecule has 5 heteroatoms. The van der Waals surface area contributed by atoms with Crippen LogP contribution in [-0.4, -0.2) is 31.1 Å². The molecule has 19 heavy (non-hydrogen) atoms. The van der Waals surface area contributed by atoms with Crippen molar-refractivity contribution >= 4 is 28.3 Å². The predicted octanol–water partition coefficient (Wildman–Crippen LogP) is 3.76. The first kappa shape index (κ1) is 16.9. The summed E-state index contributed by atoms with van der Waals surface area (Å²) in [6.07, 6.45) is 2.08. The van der Waals surface area contributed by atoms with E-state index in [9.17, 15) is 4.39 Å². The van der Waals surface area contributed by atoms with Crippen molar-refractivity contribution in [1.29, 1.82) is 0 Å². The first-order valence-electron chi connectivity index (χ1n) is 6.62. The summed E-state index contributed by atoms with van der Waals surface area (Å²) >= 11 is 3.28. The van der Waals surface area contributed by atoms with Gasteiger partial charge in [-0.1, -0.05) is 25.5 Å². The fraction of sp³-hybridized carbons (Fsp3) is 0.571. The lowest BCUT2D eigenvalue weighted by atomic mass is 9.99. The monoisotopic (exact) mass is 350 g/mol. The Hall–Kier alpha value is -0.160. The molecule has 108 valence electrons. The van der Waals surface area contributed by atoms with Gasteiger partial charge in [-0.05, 0) is 28.4 Å². The van der Waals surface area contributed by atoms with Gasteiger partial charge in [-0.3, -0.25) is 4.90 Å². The molecule has 2 rings (SSSR count). The first-order valence-corrected chi connectivity index (χ1v) is 7.42. The van der Waals surface area contributed by atoms with E-state index in [0.717, 1.165) is 44.6 Å². The molecule has 0 radical (unpaired) electrons. The van der Waals surface area contributed by atoms with Crippen LogP contribution in [0.4, 0.5) is 4.39 Å². The van der Waals surface area contributed by atoms with Crippen LogP contribution in [0, 0.1) is 5.82 Å². The molecule has 1 aromatic carbocycles. The third-order valence-electron chi connectivity index (χ3n) is 3.49. The third kappa shape index (κ3) is 4.15. The van der Waals surface area contributed by atoms with Crippen LogP contribution in [0.2, 0.25) is 0 Å². The molecule has 2 nitrogen and oxygen atoms in total. The van der Waals surface area contributed by atoms with Gasteiger partial charge in [-0.25, -0.2) is 4.39 Å². The fourth-order valence-electron chi connectivity index (χ4n) is 2.58. The fourth-order valence-corrected chi connectivity index (χ4v) is 2.96. The Balaban J connectivity index is 0.00000180. The topological polar surface area (TPSA) is 15.3 Å². The minimum absolute atomic E-state index is 0. The molecule has 0 bridgehead atoms. The van der Waals surface area contributed by atoms with E-state index in [4.69, 9.17) is 0 Å². The van der Waals surface area contributed by atoms with Crippen molar-refractivity contribution in [1.82, 2.24) is 10.2 Å². The lowest BCUT2D eigenvalue weighted by Crippen LogP contribution is -2.45. The largest absolute Gasteiger partial charge is 0.314 e. The highest BCUT2D eigenvalue weighted by Gasteiger charge is 2.24. The van der Waals surface area contributed by atoms with E-state index >= 15 is 0 Å². The molecule has 1 aliphatic heterocycles. The van der Waals surface area contributed by atoms with E-state index in [0.29, 0.717) is 4.47 Å². The van der Waals surface area contributed by atoms with Crippen LogP contribution in [-0.2, 0) is 0 Å². The predicted molar refractivity (Wildman–Crippen MR) is 83.4 cm³/mol. The summed E-state index contributed by atoms with van der Waals surface area (Å²) in [4.78, 5) is 2.39. The van der Waals surface area contributed by atoms with E-state index in [-0.39, 0.29) is 24.3 Å². The first-order chi connectivity index (χ1) is 8.74. The van der Waals surface area contributed by atoms with E-state index in [2.05, 4.69) is 33.1 Å². The van der Waals surface area contributed by atoms with Crippen LogP contribution < -0.4 is 5.32 Å². The van der Waals surface area contributed by atoms with Crippen molar-refractivity contribution < 1.29 is 4.39 Å². The highest BCUT2D eigenvalue weighted by atomic mass is 79.9. The van der Waals surface area contributed by atoms with Crippen LogP contribution in [0.3, 0.4) is 0 Å². The number of nitrogens with zero attached hydrogens (tertiary/aromatic N) is 1. The number of halogens is 3. The SMILES string of the molecule is CCC[C@H](c1cccc(Br)c1F)N1CCNCC1.Cl. The quantitative estimate of drug-likeness (QED) is 0.888. The van der Waals surface area contributed by atoms with Crippen LogP contribution in [0.5, 0.6) is 0 Å². The van der Waals surface area contributed by atoms with Gasteiger partial charge in [0.25, 0.3) is 0 Å². The maximum absolute atomic E-state index is 14.2. The number of hydrogen-bond donors (Lipinski definition) is 1. The average Bonchev–Trinajstić information content (AvgIpc) is 2.41. The maximum Gasteiger partial charge on any atom is 0.142 e. The highest BCUT2D eigenvalue weighted by molar-refractivity contribution is 9.10. The van der Waals surface area contributed by atoms with Gasteiger partial charge in [0.2, 0.25) is 0 Å². The highest BCUT2D eigenvalue weighted by Crippen LogP contribution is 2.31. The van der Waals surface area contributed by atoms with Crippen LogP contribution in [0.25, 0.3) is 0 Å². The Morgan fingerprint density at radius 2 is 2.05 bits per heavy atom. The van der Waals surface area contributed by atoms with Gasteiger partial charge < -0.3 is 5.32 Å². The second-order valence-corrected chi connectivity index (χ2v) is 5.59. The van der Waals surface area contributed by atoms with Crippen molar-refractivity contribution in [3.8, 4) is 0 Å². The van der Waals surface area contributed by atoms with E-state index < -0.39 is 0 Å². The molecule has 0 unspecified atom stereocenters. The normalized spacial score (nSPS) is 17.8. The number of nitrogens with one attached hydrogen (secondary N) is 1. The zero-order valence-electron chi connectivity index (χ0n) is 11.2. The molecular weight excluding hydrogens is 331 g/mol. The molecule has 1 N–H and O–H groups in total. The van der Waals surface area contributed by atoms with Crippen molar-refractivity contribution in [2.24, 2.45) is 0 Å². The average molecular weight is 352 g/mol. The Bertz CT molecular complexity index is 397. The lowest BCUT2D eigenvalue weighted by molar-refractivity contribution is 0.161. The van der Waals surface area contributed by atoms with Gasteiger partial charge in [0.15, 0.2) is 0 Å². The maximum atomic E-state index is 14.2. The Labute approximate surface area is 129 Å². The van der Waals surface area contributed by atoms with Crippen molar-refractivity contribution in [2.45, 2.75) is 25.8 Å². The summed E-state index contributed by atoms with van der Waals surface area (Å²) in [7, 11) is 0. The standard InChI is InChI=1S/C14H20BrFN2.ClH/c1-2-4-13(18-9-7-17-8-10-18)11-5-3-6-12(15)14(11)16;/h3,5-6,13,17H,2,4,7-10H2,1H3;1H/t13-;/m1./s1. The molecule has 0 spiro atoms. The summed E-state index contributed by atoms with van der Waals surface area (Å²) in [6, 6.07) is 5.81. The molecule has 1 aromatic rings. The van der Waals surface area contributed by atoms with Crippen LogP contribution in [0.15, 0.2) is 22.7 Å². The number of hydrogen-bond acceptors (Lipinski definition) is 2. The second kappa shape index (κ2) is 8.20. The molecule has 1 atom stereocenters. The van der Waals surface area contributed by atoms with E-state index in [1.165, 1.54) is 0 Å². The van der Waals surface area contributed by atoms with Crippen LogP contribution in [0.1, 0.15) is 31.4 Å². The molecule has 0 aliphatic carbocycles. The Morgan fingerprint density at radius 1 is 1.37 bits per heavy atom. The second-order valence-electron chi connectivity index (χ2n) is 4.73. The third-order valence-corrected chi connectivity index (χ3v) is 4.11. The molecule has 1 fully saturated rings.